The standard InChI is InChI=1S/C15H18O4/c1-9-13(15(16)18-4)10(2)19-14(9)11-5-7-12(17-3)8-6-11/h5-9,14H,1-4H3. The van der Waals surface area contributed by atoms with Crippen molar-refractivity contribution in [1.82, 2.24) is 0 Å². The van der Waals surface area contributed by atoms with E-state index in [0.717, 1.165) is 11.3 Å². The Hall–Kier alpha value is -1.97. The van der Waals surface area contributed by atoms with Crippen molar-refractivity contribution in [2.24, 2.45) is 5.92 Å². The van der Waals surface area contributed by atoms with Gasteiger partial charge in [0.05, 0.1) is 19.8 Å². The number of carbonyl (C=O) groups is 1. The van der Waals surface area contributed by atoms with E-state index in [2.05, 4.69) is 0 Å². The third-order valence-corrected chi connectivity index (χ3v) is 3.44. The van der Waals surface area contributed by atoms with Crippen LogP contribution in [0.1, 0.15) is 25.5 Å². The molecule has 0 aromatic heterocycles. The summed E-state index contributed by atoms with van der Waals surface area (Å²) < 4.78 is 15.7. The van der Waals surface area contributed by atoms with Gasteiger partial charge in [0.2, 0.25) is 0 Å². The topological polar surface area (TPSA) is 44.8 Å². The van der Waals surface area contributed by atoms with Crippen molar-refractivity contribution in [2.45, 2.75) is 20.0 Å². The van der Waals surface area contributed by atoms with Crippen LogP contribution in [0.4, 0.5) is 0 Å². The second kappa shape index (κ2) is 5.34. The summed E-state index contributed by atoms with van der Waals surface area (Å²) in [6.45, 7) is 3.77. The molecule has 4 nitrogen and oxygen atoms in total. The molecule has 0 amide bonds. The second-order valence-corrected chi connectivity index (χ2v) is 4.56. The molecule has 0 bridgehead atoms. The average molecular weight is 262 g/mol. The predicted octanol–water partition coefficient (Wildman–Crippen LogP) is 2.85. The Kier molecular flexibility index (Phi) is 3.79. The molecule has 0 fully saturated rings. The highest BCUT2D eigenvalue weighted by Crippen LogP contribution is 2.41. The lowest BCUT2D eigenvalue weighted by Gasteiger charge is -2.17. The molecule has 1 aliphatic heterocycles. The molecule has 1 aromatic carbocycles. The van der Waals surface area contributed by atoms with Crippen LogP contribution < -0.4 is 4.74 Å². The molecular formula is C15H18O4. The van der Waals surface area contributed by atoms with Gasteiger partial charge in [0.25, 0.3) is 0 Å². The first-order chi connectivity index (χ1) is 9.08. The van der Waals surface area contributed by atoms with Gasteiger partial charge in [0.15, 0.2) is 0 Å². The maximum absolute atomic E-state index is 11.7. The fraction of sp³-hybridized carbons (Fsp3) is 0.400. The van der Waals surface area contributed by atoms with Gasteiger partial charge in [0.1, 0.15) is 17.6 Å². The molecule has 2 atom stereocenters. The van der Waals surface area contributed by atoms with Crippen molar-refractivity contribution in [2.75, 3.05) is 14.2 Å². The first-order valence-electron chi connectivity index (χ1n) is 6.18. The monoisotopic (exact) mass is 262 g/mol. The van der Waals surface area contributed by atoms with Gasteiger partial charge in [-0.15, -0.1) is 0 Å². The van der Waals surface area contributed by atoms with Crippen molar-refractivity contribution >= 4 is 5.97 Å². The molecule has 0 saturated heterocycles. The molecule has 2 unspecified atom stereocenters. The Balaban J connectivity index is 2.23. The fourth-order valence-corrected chi connectivity index (χ4v) is 2.42. The van der Waals surface area contributed by atoms with Gasteiger partial charge in [0, 0.05) is 5.92 Å². The highest BCUT2D eigenvalue weighted by Gasteiger charge is 2.37. The van der Waals surface area contributed by atoms with Gasteiger partial charge in [-0.05, 0) is 24.6 Å². The number of rotatable bonds is 3. The zero-order chi connectivity index (χ0) is 14.0. The van der Waals surface area contributed by atoms with Gasteiger partial charge in [-0.25, -0.2) is 4.79 Å². The number of benzene rings is 1. The summed E-state index contributed by atoms with van der Waals surface area (Å²) in [6, 6.07) is 7.68. The normalized spacial score (nSPS) is 22.1. The Morgan fingerprint density at radius 1 is 1.21 bits per heavy atom. The van der Waals surface area contributed by atoms with Crippen molar-refractivity contribution < 1.29 is 19.0 Å². The third kappa shape index (κ3) is 2.43. The quantitative estimate of drug-likeness (QED) is 0.786. The SMILES string of the molecule is COC(=O)C1=C(C)OC(c2ccc(OC)cc2)C1C. The van der Waals surface area contributed by atoms with Crippen LogP contribution in [0, 0.1) is 5.92 Å². The van der Waals surface area contributed by atoms with Gasteiger partial charge >= 0.3 is 5.97 Å². The minimum Gasteiger partial charge on any atom is -0.497 e. The zero-order valence-electron chi connectivity index (χ0n) is 11.6. The van der Waals surface area contributed by atoms with Crippen LogP contribution in [0.25, 0.3) is 0 Å². The summed E-state index contributed by atoms with van der Waals surface area (Å²) in [4.78, 5) is 11.7. The Morgan fingerprint density at radius 2 is 1.84 bits per heavy atom. The van der Waals surface area contributed by atoms with Gasteiger partial charge in [-0.1, -0.05) is 19.1 Å². The van der Waals surface area contributed by atoms with Crippen LogP contribution in [0.3, 0.4) is 0 Å². The molecule has 2 rings (SSSR count). The molecule has 1 aromatic rings. The number of allylic oxidation sites excluding steroid dienone is 1. The molecule has 0 spiro atoms. The van der Waals surface area contributed by atoms with Crippen LogP contribution in [-0.4, -0.2) is 20.2 Å². The van der Waals surface area contributed by atoms with Crippen molar-refractivity contribution in [3.8, 4) is 5.75 Å². The summed E-state index contributed by atoms with van der Waals surface area (Å²) in [7, 11) is 3.01. The maximum atomic E-state index is 11.7. The van der Waals surface area contributed by atoms with Crippen LogP contribution in [0.5, 0.6) is 5.75 Å². The van der Waals surface area contributed by atoms with E-state index in [1.807, 2.05) is 31.2 Å². The Bertz CT molecular complexity index is 501. The van der Waals surface area contributed by atoms with E-state index in [4.69, 9.17) is 14.2 Å². The highest BCUT2D eigenvalue weighted by molar-refractivity contribution is 5.90. The molecule has 0 radical (unpaired) electrons. The number of carbonyl (C=O) groups excluding carboxylic acids is 1. The summed E-state index contributed by atoms with van der Waals surface area (Å²) in [5.41, 5.74) is 1.63. The van der Waals surface area contributed by atoms with E-state index >= 15 is 0 Å². The summed E-state index contributed by atoms with van der Waals surface area (Å²) >= 11 is 0. The smallest absolute Gasteiger partial charge is 0.337 e. The van der Waals surface area contributed by atoms with Crippen LogP contribution in [0.2, 0.25) is 0 Å². The molecule has 0 N–H and O–H groups in total. The molecular weight excluding hydrogens is 244 g/mol. The van der Waals surface area contributed by atoms with E-state index < -0.39 is 0 Å². The Morgan fingerprint density at radius 3 is 2.37 bits per heavy atom. The third-order valence-electron chi connectivity index (χ3n) is 3.44. The summed E-state index contributed by atoms with van der Waals surface area (Å²) in [6.07, 6.45) is -0.153. The van der Waals surface area contributed by atoms with Crippen molar-refractivity contribution in [1.29, 1.82) is 0 Å². The maximum Gasteiger partial charge on any atom is 0.337 e. The van der Waals surface area contributed by atoms with Crippen molar-refractivity contribution in [3.63, 3.8) is 0 Å². The molecule has 0 aliphatic carbocycles. The molecule has 1 heterocycles. The van der Waals surface area contributed by atoms with E-state index in [1.165, 1.54) is 7.11 Å². The lowest BCUT2D eigenvalue weighted by Crippen LogP contribution is -2.14. The van der Waals surface area contributed by atoms with E-state index in [1.54, 1.807) is 14.0 Å². The summed E-state index contributed by atoms with van der Waals surface area (Å²) in [5.74, 6) is 1.09. The number of hydrogen-bond donors (Lipinski definition) is 0. The number of hydrogen-bond acceptors (Lipinski definition) is 4. The van der Waals surface area contributed by atoms with E-state index in [-0.39, 0.29) is 18.0 Å². The fourth-order valence-electron chi connectivity index (χ4n) is 2.42. The van der Waals surface area contributed by atoms with E-state index in [9.17, 15) is 4.79 Å². The minimum atomic E-state index is -0.319. The molecule has 1 aliphatic rings. The lowest BCUT2D eigenvalue weighted by molar-refractivity contribution is -0.136. The number of esters is 1. The first kappa shape index (κ1) is 13.5. The molecule has 102 valence electrons. The number of ether oxygens (including phenoxy) is 3. The van der Waals surface area contributed by atoms with Gasteiger partial charge in [-0.2, -0.15) is 0 Å². The largest absolute Gasteiger partial charge is 0.497 e. The Labute approximate surface area is 113 Å². The lowest BCUT2D eigenvalue weighted by atomic mass is 9.92. The van der Waals surface area contributed by atoms with Crippen LogP contribution in [-0.2, 0) is 14.3 Å². The number of methoxy groups -OCH3 is 2. The van der Waals surface area contributed by atoms with Gasteiger partial charge in [-0.3, -0.25) is 0 Å². The summed E-state index contributed by atoms with van der Waals surface area (Å²) in [5, 5.41) is 0. The zero-order valence-corrected chi connectivity index (χ0v) is 11.6. The highest BCUT2D eigenvalue weighted by atomic mass is 16.5. The average Bonchev–Trinajstić information content (AvgIpc) is 2.73. The van der Waals surface area contributed by atoms with Crippen molar-refractivity contribution in [3.05, 3.63) is 41.2 Å². The minimum absolute atomic E-state index is 0.0270. The first-order valence-corrected chi connectivity index (χ1v) is 6.18. The molecule has 0 saturated carbocycles. The van der Waals surface area contributed by atoms with Gasteiger partial charge < -0.3 is 14.2 Å². The van der Waals surface area contributed by atoms with E-state index in [0.29, 0.717) is 11.3 Å². The van der Waals surface area contributed by atoms with Crippen LogP contribution >= 0.6 is 0 Å². The van der Waals surface area contributed by atoms with Crippen LogP contribution in [0.15, 0.2) is 35.6 Å². The molecule has 4 heteroatoms. The predicted molar refractivity (Wildman–Crippen MR) is 70.7 cm³/mol. The molecule has 19 heavy (non-hydrogen) atoms. The second-order valence-electron chi connectivity index (χ2n) is 4.56.